The normalized spacial score (nSPS) is 12.4. The van der Waals surface area contributed by atoms with E-state index in [0.717, 1.165) is 12.4 Å². The molecule has 0 bridgehead atoms. The van der Waals surface area contributed by atoms with Gasteiger partial charge in [0.05, 0.1) is 23.1 Å². The van der Waals surface area contributed by atoms with Crippen molar-refractivity contribution in [2.45, 2.75) is 6.04 Å². The maximum atomic E-state index is 14.6. The molecule has 0 spiro atoms. The number of carbonyl (C=O) groups is 1. The van der Waals surface area contributed by atoms with Crippen molar-refractivity contribution < 1.29 is 9.18 Å². The lowest BCUT2D eigenvalue weighted by Crippen LogP contribution is -2.30. The molecular weight excluding hydrogens is 428 g/mol. The fourth-order valence-electron chi connectivity index (χ4n) is 2.65. The highest BCUT2D eigenvalue weighted by Crippen LogP contribution is 2.26. The molecule has 1 amide bonds. The summed E-state index contributed by atoms with van der Waals surface area (Å²) < 4.78 is 14.6. The lowest BCUT2D eigenvalue weighted by atomic mass is 10.0. The van der Waals surface area contributed by atoms with Crippen LogP contribution in [0.5, 0.6) is 0 Å². The minimum absolute atomic E-state index is 0.0379. The summed E-state index contributed by atoms with van der Waals surface area (Å²) in [7, 11) is 0. The van der Waals surface area contributed by atoms with Crippen LogP contribution in [0.25, 0.3) is 0 Å². The molecule has 30 heavy (non-hydrogen) atoms. The molecule has 1 unspecified atom stereocenters. The third-order valence-corrected chi connectivity index (χ3v) is 4.54. The average molecular weight is 444 g/mol. The molecule has 3 N–H and O–H groups in total. The van der Waals surface area contributed by atoms with Gasteiger partial charge in [-0.2, -0.15) is 0 Å². The Bertz CT molecular complexity index is 1090. The van der Waals surface area contributed by atoms with Crippen molar-refractivity contribution in [1.82, 2.24) is 10.3 Å². The van der Waals surface area contributed by atoms with E-state index in [4.69, 9.17) is 28.9 Å². The molecule has 3 rings (SSSR count). The molecule has 0 aliphatic rings. The Morgan fingerprint density at radius 1 is 1.10 bits per heavy atom. The summed E-state index contributed by atoms with van der Waals surface area (Å²) in [6, 6.07) is 13.5. The third kappa shape index (κ3) is 5.40. The predicted octanol–water partition coefficient (Wildman–Crippen LogP) is 4.69. The van der Waals surface area contributed by atoms with Crippen molar-refractivity contribution in [2.24, 2.45) is 15.7 Å². The molecule has 0 saturated carbocycles. The molecular formula is C21H16Cl2FN5O. The Morgan fingerprint density at radius 3 is 2.43 bits per heavy atom. The van der Waals surface area contributed by atoms with E-state index >= 15 is 0 Å². The number of hydrogen-bond donors (Lipinski definition) is 2. The Hall–Kier alpha value is -3.29. The number of aromatic nitrogens is 1. The van der Waals surface area contributed by atoms with Gasteiger partial charge in [-0.25, -0.2) is 14.4 Å². The Kier molecular flexibility index (Phi) is 7.11. The Balaban J connectivity index is 1.89. The summed E-state index contributed by atoms with van der Waals surface area (Å²) in [4.78, 5) is 24.6. The van der Waals surface area contributed by atoms with Crippen LogP contribution >= 0.6 is 23.2 Å². The van der Waals surface area contributed by atoms with Gasteiger partial charge >= 0.3 is 0 Å². The fraction of sp³-hybridized carbons (Fsp3) is 0.0476. The summed E-state index contributed by atoms with van der Waals surface area (Å²) in [6.07, 6.45) is 3.73. The van der Waals surface area contributed by atoms with Crippen LogP contribution in [0, 0.1) is 5.82 Å². The quantitative estimate of drug-likeness (QED) is 0.427. The number of aliphatic imine (C=N–C) groups is 2. The number of pyridine rings is 1. The lowest BCUT2D eigenvalue weighted by Gasteiger charge is -2.20. The number of carbonyl (C=O) groups excluding carboxylic acids is 1. The maximum absolute atomic E-state index is 14.6. The largest absolute Gasteiger partial charge is 0.390 e. The van der Waals surface area contributed by atoms with Crippen molar-refractivity contribution in [1.29, 1.82) is 0 Å². The molecule has 0 fully saturated rings. The SMILES string of the molecule is NC=NC=Nc1ccc(C(=O)NC(c2ccc(Cl)cc2)c2ncc(Cl)cc2F)cc1. The highest BCUT2D eigenvalue weighted by molar-refractivity contribution is 6.30. The summed E-state index contributed by atoms with van der Waals surface area (Å²) in [5.74, 6) is -1.05. The van der Waals surface area contributed by atoms with Crippen LogP contribution in [0.3, 0.4) is 0 Å². The number of halogens is 3. The second kappa shape index (κ2) is 9.96. The number of nitrogens with zero attached hydrogens (tertiary/aromatic N) is 3. The van der Waals surface area contributed by atoms with E-state index in [1.165, 1.54) is 12.5 Å². The molecule has 0 aliphatic heterocycles. The fourth-order valence-corrected chi connectivity index (χ4v) is 2.92. The average Bonchev–Trinajstić information content (AvgIpc) is 2.74. The number of nitrogens with one attached hydrogen (secondary N) is 1. The van der Waals surface area contributed by atoms with Crippen LogP contribution in [0.1, 0.15) is 27.7 Å². The molecule has 2 aromatic carbocycles. The Labute approximate surface area is 182 Å². The molecule has 1 heterocycles. The van der Waals surface area contributed by atoms with Gasteiger partial charge in [-0.1, -0.05) is 35.3 Å². The van der Waals surface area contributed by atoms with Gasteiger partial charge in [0.25, 0.3) is 5.91 Å². The molecule has 0 radical (unpaired) electrons. The van der Waals surface area contributed by atoms with Gasteiger partial charge in [0.15, 0.2) is 0 Å². The van der Waals surface area contributed by atoms with Gasteiger partial charge < -0.3 is 11.1 Å². The van der Waals surface area contributed by atoms with Crippen molar-refractivity contribution in [3.8, 4) is 0 Å². The smallest absolute Gasteiger partial charge is 0.252 e. The van der Waals surface area contributed by atoms with Crippen molar-refractivity contribution in [3.05, 3.63) is 93.5 Å². The first-order valence-electron chi connectivity index (χ1n) is 8.71. The molecule has 0 aliphatic carbocycles. The van der Waals surface area contributed by atoms with Gasteiger partial charge in [0.1, 0.15) is 17.8 Å². The molecule has 3 aromatic rings. The van der Waals surface area contributed by atoms with E-state index in [1.54, 1.807) is 48.5 Å². The monoisotopic (exact) mass is 443 g/mol. The van der Waals surface area contributed by atoms with Gasteiger partial charge in [-0.15, -0.1) is 0 Å². The van der Waals surface area contributed by atoms with Crippen molar-refractivity contribution in [3.63, 3.8) is 0 Å². The second-order valence-electron chi connectivity index (χ2n) is 6.07. The minimum atomic E-state index is -0.844. The summed E-state index contributed by atoms with van der Waals surface area (Å²) in [5, 5.41) is 3.49. The van der Waals surface area contributed by atoms with E-state index in [9.17, 15) is 9.18 Å². The number of rotatable bonds is 6. The third-order valence-electron chi connectivity index (χ3n) is 4.08. The van der Waals surface area contributed by atoms with Crippen LogP contribution in [0.2, 0.25) is 10.0 Å². The van der Waals surface area contributed by atoms with E-state index in [2.05, 4.69) is 20.3 Å². The van der Waals surface area contributed by atoms with E-state index in [-0.39, 0.29) is 10.7 Å². The first-order valence-corrected chi connectivity index (χ1v) is 9.47. The standard InChI is InChI=1S/C21H16Cl2FN5O/c22-15-5-1-13(2-6-15)19(20-18(24)9-16(23)10-27-20)29-21(30)14-3-7-17(8-4-14)28-12-26-11-25/h1-12,19H,(H,29,30)(H2,25,26,28). The number of hydrogen-bond acceptors (Lipinski definition) is 3. The zero-order chi connectivity index (χ0) is 21.5. The number of benzene rings is 2. The Morgan fingerprint density at radius 2 is 1.80 bits per heavy atom. The first kappa shape index (κ1) is 21.4. The van der Waals surface area contributed by atoms with Crippen LogP contribution < -0.4 is 11.1 Å². The van der Waals surface area contributed by atoms with Gasteiger partial charge in [-0.3, -0.25) is 9.78 Å². The highest BCUT2D eigenvalue weighted by atomic mass is 35.5. The van der Waals surface area contributed by atoms with Crippen LogP contribution in [0.4, 0.5) is 10.1 Å². The number of nitrogens with two attached hydrogens (primary N) is 1. The van der Waals surface area contributed by atoms with E-state index < -0.39 is 17.8 Å². The first-order chi connectivity index (χ1) is 14.5. The molecule has 0 saturated heterocycles. The molecule has 1 atom stereocenters. The topological polar surface area (TPSA) is 92.7 Å². The van der Waals surface area contributed by atoms with E-state index in [1.807, 2.05) is 0 Å². The zero-order valence-electron chi connectivity index (χ0n) is 15.5. The van der Waals surface area contributed by atoms with Crippen LogP contribution in [0.15, 0.2) is 70.8 Å². The molecule has 9 heteroatoms. The minimum Gasteiger partial charge on any atom is -0.390 e. The van der Waals surface area contributed by atoms with Gasteiger partial charge in [-0.05, 0) is 48.0 Å². The highest BCUT2D eigenvalue weighted by Gasteiger charge is 2.23. The zero-order valence-corrected chi connectivity index (χ0v) is 17.0. The molecule has 152 valence electrons. The van der Waals surface area contributed by atoms with Crippen LogP contribution in [-0.2, 0) is 0 Å². The second-order valence-corrected chi connectivity index (χ2v) is 6.94. The summed E-state index contributed by atoms with van der Waals surface area (Å²) >= 11 is 11.8. The predicted molar refractivity (Wildman–Crippen MR) is 117 cm³/mol. The van der Waals surface area contributed by atoms with Crippen molar-refractivity contribution in [2.75, 3.05) is 0 Å². The number of amides is 1. The van der Waals surface area contributed by atoms with Crippen LogP contribution in [-0.4, -0.2) is 23.6 Å². The van der Waals surface area contributed by atoms with Gasteiger partial charge in [0.2, 0.25) is 0 Å². The van der Waals surface area contributed by atoms with Gasteiger partial charge in [0, 0.05) is 16.8 Å². The van der Waals surface area contributed by atoms with E-state index in [0.29, 0.717) is 21.8 Å². The van der Waals surface area contributed by atoms with Crippen molar-refractivity contribution >= 4 is 47.5 Å². The molecule has 6 nitrogen and oxygen atoms in total. The summed E-state index contributed by atoms with van der Waals surface area (Å²) in [6.45, 7) is 0. The maximum Gasteiger partial charge on any atom is 0.252 e. The lowest BCUT2D eigenvalue weighted by molar-refractivity contribution is 0.0942. The molecule has 1 aromatic heterocycles. The summed E-state index contributed by atoms with van der Waals surface area (Å²) in [5.41, 5.74) is 6.75.